The summed E-state index contributed by atoms with van der Waals surface area (Å²) >= 11 is 1.50. The molecule has 1 aliphatic rings. The van der Waals surface area contributed by atoms with Crippen molar-refractivity contribution in [1.29, 1.82) is 0 Å². The Labute approximate surface area is 138 Å². The van der Waals surface area contributed by atoms with Crippen molar-refractivity contribution < 1.29 is 14.3 Å². The average Bonchev–Trinajstić information content (AvgIpc) is 2.99. The van der Waals surface area contributed by atoms with Gasteiger partial charge in [-0.3, -0.25) is 14.6 Å². The Morgan fingerprint density at radius 1 is 1.22 bits per heavy atom. The van der Waals surface area contributed by atoms with E-state index in [1.807, 2.05) is 48.5 Å². The molecule has 0 spiro atoms. The number of aromatic nitrogens is 1. The van der Waals surface area contributed by atoms with Gasteiger partial charge in [-0.2, -0.15) is 0 Å². The molecule has 0 saturated carbocycles. The number of nitrogens with zero attached hydrogens (tertiary/aromatic N) is 2. The lowest BCUT2D eigenvalue weighted by Crippen LogP contribution is -2.33. The number of hydrogen-bond acceptors (Lipinski definition) is 5. The summed E-state index contributed by atoms with van der Waals surface area (Å²) in [5.74, 6) is 0.504. The maximum absolute atomic E-state index is 12.2. The van der Waals surface area contributed by atoms with Crippen molar-refractivity contribution in [2.45, 2.75) is 6.10 Å². The van der Waals surface area contributed by atoms with E-state index < -0.39 is 12.1 Å². The van der Waals surface area contributed by atoms with Gasteiger partial charge in [0, 0.05) is 6.20 Å². The van der Waals surface area contributed by atoms with Crippen LogP contribution in [-0.4, -0.2) is 39.9 Å². The number of ether oxygens (including phenoxy) is 1. The molecule has 1 fully saturated rings. The first-order valence-corrected chi connectivity index (χ1v) is 8.40. The van der Waals surface area contributed by atoms with Gasteiger partial charge < -0.3 is 9.64 Å². The fourth-order valence-electron chi connectivity index (χ4n) is 2.32. The number of benzene rings is 1. The number of rotatable bonds is 5. The third-order valence-corrected chi connectivity index (χ3v) is 4.40. The lowest BCUT2D eigenvalue weighted by molar-refractivity contribution is -0.151. The van der Waals surface area contributed by atoms with Crippen LogP contribution in [0.15, 0.2) is 54.7 Å². The van der Waals surface area contributed by atoms with Crippen LogP contribution in [0, 0.1) is 0 Å². The minimum atomic E-state index is -0.574. The Bertz CT molecular complexity index is 639. The molecule has 0 radical (unpaired) electrons. The van der Waals surface area contributed by atoms with E-state index in [1.165, 1.54) is 16.7 Å². The van der Waals surface area contributed by atoms with E-state index in [0.717, 1.165) is 5.56 Å². The first kappa shape index (κ1) is 15.6. The Morgan fingerprint density at radius 2 is 2.00 bits per heavy atom. The Balaban J connectivity index is 1.76. The van der Waals surface area contributed by atoms with E-state index in [-0.39, 0.29) is 12.5 Å². The molecule has 0 N–H and O–H groups in total. The molecule has 0 bridgehead atoms. The van der Waals surface area contributed by atoms with Crippen molar-refractivity contribution in [3.8, 4) is 0 Å². The molecule has 23 heavy (non-hydrogen) atoms. The summed E-state index contributed by atoms with van der Waals surface area (Å²) in [6.07, 6.45) is 1.09. The molecule has 1 saturated heterocycles. The van der Waals surface area contributed by atoms with Crippen LogP contribution in [0.2, 0.25) is 0 Å². The maximum atomic E-state index is 12.2. The number of hydrogen-bond donors (Lipinski definition) is 0. The van der Waals surface area contributed by atoms with E-state index in [4.69, 9.17) is 4.74 Å². The van der Waals surface area contributed by atoms with Crippen molar-refractivity contribution in [1.82, 2.24) is 9.88 Å². The number of esters is 1. The topological polar surface area (TPSA) is 59.5 Å². The first-order chi connectivity index (χ1) is 11.2. The smallest absolute Gasteiger partial charge is 0.326 e. The molecular weight excluding hydrogens is 312 g/mol. The summed E-state index contributed by atoms with van der Waals surface area (Å²) in [7, 11) is 0. The standard InChI is InChI=1S/C17H16N2O3S/c20-15-11-23-12-19(15)10-16(21)22-17(13-6-2-1-3-7-13)14-8-4-5-9-18-14/h1-9,17H,10-12H2. The van der Waals surface area contributed by atoms with E-state index in [1.54, 1.807) is 6.20 Å². The molecule has 1 aliphatic heterocycles. The van der Waals surface area contributed by atoms with Crippen molar-refractivity contribution in [3.63, 3.8) is 0 Å². The minimum absolute atomic E-state index is 0.0258. The van der Waals surface area contributed by atoms with Crippen LogP contribution >= 0.6 is 11.8 Å². The predicted octanol–water partition coefficient (Wildman–Crippen LogP) is 2.25. The molecule has 118 valence electrons. The Morgan fingerprint density at radius 3 is 2.65 bits per heavy atom. The lowest BCUT2D eigenvalue weighted by atomic mass is 10.1. The van der Waals surface area contributed by atoms with Crippen LogP contribution in [0.1, 0.15) is 17.4 Å². The van der Waals surface area contributed by atoms with Crippen molar-refractivity contribution >= 4 is 23.6 Å². The molecule has 3 rings (SSSR count). The summed E-state index contributed by atoms with van der Waals surface area (Å²) in [6.45, 7) is -0.0258. The number of amides is 1. The second-order valence-electron chi connectivity index (χ2n) is 5.10. The highest BCUT2D eigenvalue weighted by Gasteiger charge is 2.26. The monoisotopic (exact) mass is 328 g/mol. The highest BCUT2D eigenvalue weighted by molar-refractivity contribution is 8.00. The van der Waals surface area contributed by atoms with Gasteiger partial charge in [-0.15, -0.1) is 11.8 Å². The third kappa shape index (κ3) is 3.90. The number of carbonyl (C=O) groups excluding carboxylic acids is 2. The zero-order chi connectivity index (χ0) is 16.1. The van der Waals surface area contributed by atoms with E-state index >= 15 is 0 Å². The second-order valence-corrected chi connectivity index (χ2v) is 6.06. The Hall–Kier alpha value is -2.34. The Kier molecular flexibility index (Phi) is 4.92. The molecule has 1 atom stereocenters. The fraction of sp³-hybridized carbons (Fsp3) is 0.235. The molecular formula is C17H16N2O3S. The minimum Gasteiger partial charge on any atom is -0.450 e. The van der Waals surface area contributed by atoms with Gasteiger partial charge in [-0.05, 0) is 17.7 Å². The normalized spacial score (nSPS) is 15.5. The highest BCUT2D eigenvalue weighted by Crippen LogP contribution is 2.25. The van der Waals surface area contributed by atoms with E-state index in [0.29, 0.717) is 17.3 Å². The van der Waals surface area contributed by atoms with Gasteiger partial charge in [0.05, 0.1) is 17.3 Å². The lowest BCUT2D eigenvalue weighted by Gasteiger charge is -2.20. The van der Waals surface area contributed by atoms with Crippen LogP contribution in [0.5, 0.6) is 0 Å². The van der Waals surface area contributed by atoms with E-state index in [2.05, 4.69) is 4.98 Å². The fourth-order valence-corrected chi connectivity index (χ4v) is 3.23. The van der Waals surface area contributed by atoms with Crippen LogP contribution in [-0.2, 0) is 14.3 Å². The second kappa shape index (κ2) is 7.28. The van der Waals surface area contributed by atoms with Crippen LogP contribution in [0.25, 0.3) is 0 Å². The number of carbonyl (C=O) groups is 2. The van der Waals surface area contributed by atoms with Gasteiger partial charge in [0.25, 0.3) is 0 Å². The van der Waals surface area contributed by atoms with E-state index in [9.17, 15) is 9.59 Å². The highest BCUT2D eigenvalue weighted by atomic mass is 32.2. The molecule has 5 nitrogen and oxygen atoms in total. The summed E-state index contributed by atoms with van der Waals surface area (Å²) in [6, 6.07) is 15.0. The molecule has 0 aliphatic carbocycles. The van der Waals surface area contributed by atoms with Gasteiger partial charge >= 0.3 is 5.97 Å². The van der Waals surface area contributed by atoms with Crippen molar-refractivity contribution in [3.05, 3.63) is 66.0 Å². The SMILES string of the molecule is O=C(CN1CSCC1=O)OC(c1ccccc1)c1ccccn1. The summed E-state index contributed by atoms with van der Waals surface area (Å²) < 4.78 is 5.63. The van der Waals surface area contributed by atoms with Crippen LogP contribution in [0.4, 0.5) is 0 Å². The van der Waals surface area contributed by atoms with Gasteiger partial charge in [0.1, 0.15) is 6.54 Å². The third-order valence-electron chi connectivity index (χ3n) is 3.45. The number of pyridine rings is 1. The molecule has 1 aromatic carbocycles. The largest absolute Gasteiger partial charge is 0.450 e. The van der Waals surface area contributed by atoms with Gasteiger partial charge in [-0.1, -0.05) is 36.4 Å². The van der Waals surface area contributed by atoms with Crippen molar-refractivity contribution in [2.24, 2.45) is 0 Å². The van der Waals surface area contributed by atoms with Gasteiger partial charge in [-0.25, -0.2) is 0 Å². The molecule has 1 amide bonds. The number of thioether (sulfide) groups is 1. The van der Waals surface area contributed by atoms with Crippen molar-refractivity contribution in [2.75, 3.05) is 18.2 Å². The molecule has 1 aromatic heterocycles. The van der Waals surface area contributed by atoms with Gasteiger partial charge in [0.15, 0.2) is 6.10 Å². The van der Waals surface area contributed by atoms with Crippen LogP contribution < -0.4 is 0 Å². The summed E-state index contributed by atoms with van der Waals surface area (Å²) in [5.41, 5.74) is 1.51. The quantitative estimate of drug-likeness (QED) is 0.788. The average molecular weight is 328 g/mol. The predicted molar refractivity (Wildman–Crippen MR) is 87.7 cm³/mol. The molecule has 6 heteroatoms. The first-order valence-electron chi connectivity index (χ1n) is 7.25. The molecule has 2 heterocycles. The molecule has 1 unspecified atom stereocenters. The van der Waals surface area contributed by atoms with Crippen LogP contribution in [0.3, 0.4) is 0 Å². The summed E-state index contributed by atoms with van der Waals surface area (Å²) in [5, 5.41) is 0. The zero-order valence-electron chi connectivity index (χ0n) is 12.4. The maximum Gasteiger partial charge on any atom is 0.326 e. The zero-order valence-corrected chi connectivity index (χ0v) is 13.2. The van der Waals surface area contributed by atoms with Gasteiger partial charge in [0.2, 0.25) is 5.91 Å². The molecule has 2 aromatic rings. The summed E-state index contributed by atoms with van der Waals surface area (Å²) in [4.78, 5) is 29.7.